The molecule has 144 valence electrons. The van der Waals surface area contributed by atoms with Gasteiger partial charge in [-0.05, 0) is 57.5 Å². The molecule has 0 amide bonds. The van der Waals surface area contributed by atoms with Gasteiger partial charge in [0, 0.05) is 11.1 Å². The molecular formula is C23H23NO4. The molecule has 2 aromatic carbocycles. The van der Waals surface area contributed by atoms with Gasteiger partial charge in [0.2, 0.25) is 0 Å². The minimum absolute atomic E-state index is 0.0287. The number of aromatic carboxylic acids is 1. The molecule has 1 fully saturated rings. The fraction of sp³-hybridized carbons (Fsp3) is 0.304. The molecule has 28 heavy (non-hydrogen) atoms. The molecule has 0 aliphatic carbocycles. The fourth-order valence-electron chi connectivity index (χ4n) is 4.10. The van der Waals surface area contributed by atoms with Crippen LogP contribution in [0.15, 0.2) is 51.7 Å². The third-order valence-corrected chi connectivity index (χ3v) is 5.73. The van der Waals surface area contributed by atoms with Crippen molar-refractivity contribution in [2.45, 2.75) is 25.7 Å². The number of carboxylic acid groups (broad SMARTS) is 1. The van der Waals surface area contributed by atoms with Crippen molar-refractivity contribution in [2.75, 3.05) is 20.1 Å². The summed E-state index contributed by atoms with van der Waals surface area (Å²) in [4.78, 5) is 27.5. The zero-order valence-corrected chi connectivity index (χ0v) is 16.1. The van der Waals surface area contributed by atoms with Gasteiger partial charge in [-0.1, -0.05) is 36.4 Å². The average molecular weight is 377 g/mol. The van der Waals surface area contributed by atoms with Crippen LogP contribution in [0.25, 0.3) is 22.3 Å². The van der Waals surface area contributed by atoms with Gasteiger partial charge in [-0.25, -0.2) is 4.79 Å². The predicted octanol–water partition coefficient (Wildman–Crippen LogP) is 4.28. The van der Waals surface area contributed by atoms with Crippen LogP contribution in [0.5, 0.6) is 0 Å². The van der Waals surface area contributed by atoms with Crippen molar-refractivity contribution in [3.63, 3.8) is 0 Å². The summed E-state index contributed by atoms with van der Waals surface area (Å²) in [6.07, 6.45) is 1.88. The summed E-state index contributed by atoms with van der Waals surface area (Å²) in [6, 6.07) is 12.7. The third kappa shape index (κ3) is 3.12. The molecule has 0 bridgehead atoms. The summed E-state index contributed by atoms with van der Waals surface area (Å²) in [7, 11) is 2.09. The van der Waals surface area contributed by atoms with Crippen LogP contribution in [-0.4, -0.2) is 36.1 Å². The third-order valence-electron chi connectivity index (χ3n) is 5.73. The van der Waals surface area contributed by atoms with Crippen molar-refractivity contribution >= 4 is 16.9 Å². The minimum Gasteiger partial charge on any atom is -0.478 e. The molecule has 2 heterocycles. The monoisotopic (exact) mass is 377 g/mol. The second-order valence-corrected chi connectivity index (χ2v) is 7.54. The smallest absolute Gasteiger partial charge is 0.339 e. The molecule has 1 aliphatic rings. The lowest BCUT2D eigenvalue weighted by Gasteiger charge is -2.29. The van der Waals surface area contributed by atoms with Crippen LogP contribution in [0.3, 0.4) is 0 Å². The van der Waals surface area contributed by atoms with Crippen molar-refractivity contribution in [2.24, 2.45) is 0 Å². The van der Waals surface area contributed by atoms with Crippen LogP contribution in [0, 0.1) is 6.92 Å². The Morgan fingerprint density at radius 1 is 1.11 bits per heavy atom. The summed E-state index contributed by atoms with van der Waals surface area (Å²) in [6.45, 7) is 3.66. The van der Waals surface area contributed by atoms with E-state index in [-0.39, 0.29) is 22.5 Å². The molecule has 0 unspecified atom stereocenters. The SMILES string of the molecule is Cc1c(-c2ccccc2)oc2c(C(=O)O)ccc(C3CCN(C)CC3)c2c1=O. The molecule has 3 aromatic rings. The zero-order chi connectivity index (χ0) is 19.8. The lowest BCUT2D eigenvalue weighted by molar-refractivity contribution is 0.0698. The lowest BCUT2D eigenvalue weighted by atomic mass is 9.86. The molecule has 1 aliphatic heterocycles. The largest absolute Gasteiger partial charge is 0.478 e. The highest BCUT2D eigenvalue weighted by Crippen LogP contribution is 2.35. The Labute approximate surface area is 163 Å². The Balaban J connectivity index is 2.00. The first kappa shape index (κ1) is 18.4. The Hall–Kier alpha value is -2.92. The number of hydrogen-bond donors (Lipinski definition) is 1. The first-order chi connectivity index (χ1) is 13.5. The van der Waals surface area contributed by atoms with Crippen LogP contribution in [-0.2, 0) is 0 Å². The van der Waals surface area contributed by atoms with E-state index in [1.54, 1.807) is 19.1 Å². The Bertz CT molecular complexity index is 1090. The molecule has 4 rings (SSSR count). The van der Waals surface area contributed by atoms with Crippen molar-refractivity contribution in [1.82, 2.24) is 4.90 Å². The maximum atomic E-state index is 13.4. The van der Waals surface area contributed by atoms with E-state index in [9.17, 15) is 14.7 Å². The summed E-state index contributed by atoms with van der Waals surface area (Å²) in [5.41, 5.74) is 2.25. The van der Waals surface area contributed by atoms with Gasteiger partial charge in [-0.2, -0.15) is 0 Å². The number of rotatable bonds is 3. The fourth-order valence-corrected chi connectivity index (χ4v) is 4.10. The van der Waals surface area contributed by atoms with E-state index < -0.39 is 5.97 Å². The zero-order valence-electron chi connectivity index (χ0n) is 16.1. The van der Waals surface area contributed by atoms with E-state index in [0.717, 1.165) is 37.1 Å². The van der Waals surface area contributed by atoms with Crippen LogP contribution in [0.4, 0.5) is 0 Å². The molecule has 1 aromatic heterocycles. The molecule has 5 heteroatoms. The minimum atomic E-state index is -1.09. The Morgan fingerprint density at radius 3 is 2.43 bits per heavy atom. The van der Waals surface area contributed by atoms with Gasteiger partial charge in [-0.15, -0.1) is 0 Å². The first-order valence-corrected chi connectivity index (χ1v) is 9.55. The van der Waals surface area contributed by atoms with Crippen molar-refractivity contribution in [3.05, 3.63) is 69.4 Å². The van der Waals surface area contributed by atoms with Gasteiger partial charge in [0.05, 0.1) is 5.39 Å². The number of hydrogen-bond acceptors (Lipinski definition) is 4. The normalized spacial score (nSPS) is 15.8. The van der Waals surface area contributed by atoms with Crippen molar-refractivity contribution in [1.29, 1.82) is 0 Å². The van der Waals surface area contributed by atoms with Gasteiger partial charge < -0.3 is 14.4 Å². The molecule has 0 spiro atoms. The molecule has 1 saturated heterocycles. The number of nitrogens with zero attached hydrogens (tertiary/aromatic N) is 1. The maximum absolute atomic E-state index is 13.4. The summed E-state index contributed by atoms with van der Waals surface area (Å²) in [5, 5.41) is 10.1. The van der Waals surface area contributed by atoms with Gasteiger partial charge in [-0.3, -0.25) is 4.79 Å². The van der Waals surface area contributed by atoms with Crippen LogP contribution in [0.2, 0.25) is 0 Å². The Kier molecular flexibility index (Phi) is 4.77. The van der Waals surface area contributed by atoms with Crippen molar-refractivity contribution in [3.8, 4) is 11.3 Å². The second kappa shape index (κ2) is 7.24. The first-order valence-electron chi connectivity index (χ1n) is 9.55. The quantitative estimate of drug-likeness (QED) is 0.738. The molecule has 0 radical (unpaired) electrons. The average Bonchev–Trinajstić information content (AvgIpc) is 2.71. The highest BCUT2D eigenvalue weighted by atomic mass is 16.4. The molecule has 5 nitrogen and oxygen atoms in total. The van der Waals surface area contributed by atoms with Crippen molar-refractivity contribution < 1.29 is 14.3 Å². The van der Waals surface area contributed by atoms with E-state index in [4.69, 9.17) is 4.42 Å². The molecule has 1 N–H and O–H groups in total. The van der Waals surface area contributed by atoms with Gasteiger partial charge >= 0.3 is 5.97 Å². The number of fused-ring (bicyclic) bond motifs is 1. The van der Waals surface area contributed by atoms with Gasteiger partial charge in [0.25, 0.3) is 0 Å². The number of benzene rings is 2. The standard InChI is InChI=1S/C23H23NO4/c1-14-20(25)19-17(15-10-12-24(2)13-11-15)8-9-18(23(26)27)22(19)28-21(14)16-6-4-3-5-7-16/h3-9,15H,10-13H2,1-2H3,(H,26,27). The van der Waals surface area contributed by atoms with E-state index in [2.05, 4.69) is 11.9 Å². The summed E-state index contributed by atoms with van der Waals surface area (Å²) < 4.78 is 6.11. The van der Waals surface area contributed by atoms with Gasteiger partial charge in [0.15, 0.2) is 11.0 Å². The number of likely N-dealkylation sites (tertiary alicyclic amines) is 1. The topological polar surface area (TPSA) is 70.8 Å². The van der Waals surface area contributed by atoms with Crippen LogP contribution < -0.4 is 5.43 Å². The summed E-state index contributed by atoms with van der Waals surface area (Å²) >= 11 is 0. The van der Waals surface area contributed by atoms with Crippen LogP contribution >= 0.6 is 0 Å². The van der Waals surface area contributed by atoms with E-state index >= 15 is 0 Å². The lowest BCUT2D eigenvalue weighted by Crippen LogP contribution is -2.29. The predicted molar refractivity (Wildman–Crippen MR) is 109 cm³/mol. The van der Waals surface area contributed by atoms with E-state index in [0.29, 0.717) is 16.7 Å². The van der Waals surface area contributed by atoms with E-state index in [1.807, 2.05) is 30.3 Å². The maximum Gasteiger partial charge on any atom is 0.339 e. The molecular weight excluding hydrogens is 354 g/mol. The number of piperidine rings is 1. The Morgan fingerprint density at radius 2 is 1.79 bits per heavy atom. The highest BCUT2D eigenvalue weighted by molar-refractivity contribution is 6.02. The van der Waals surface area contributed by atoms with Gasteiger partial charge in [0.1, 0.15) is 11.3 Å². The molecule has 0 saturated carbocycles. The number of carbonyl (C=O) groups is 1. The molecule has 0 atom stereocenters. The highest BCUT2D eigenvalue weighted by Gasteiger charge is 2.26. The second-order valence-electron chi connectivity index (χ2n) is 7.54. The van der Waals surface area contributed by atoms with Crippen LogP contribution in [0.1, 0.15) is 40.2 Å². The van der Waals surface area contributed by atoms with E-state index in [1.165, 1.54) is 0 Å². The number of carboxylic acids is 1. The summed E-state index contributed by atoms with van der Waals surface area (Å²) in [5.74, 6) is -0.432.